The van der Waals surface area contributed by atoms with Gasteiger partial charge in [-0.1, -0.05) is 53.5 Å². The Hall–Kier alpha value is -2.04. The van der Waals surface area contributed by atoms with Crippen LogP contribution in [0.1, 0.15) is 23.1 Å². The second-order valence-corrected chi connectivity index (χ2v) is 6.96. The number of hydrogen-bond donors (Lipinski definition) is 1. The van der Waals surface area contributed by atoms with E-state index in [1.165, 1.54) is 4.90 Å². The van der Waals surface area contributed by atoms with Crippen LogP contribution in [0.25, 0.3) is 0 Å². The van der Waals surface area contributed by atoms with Crippen molar-refractivity contribution < 1.29 is 9.59 Å². The summed E-state index contributed by atoms with van der Waals surface area (Å²) in [5.74, 6) is -0.219. The summed E-state index contributed by atoms with van der Waals surface area (Å²) in [5, 5.41) is 3.86. The fourth-order valence-electron chi connectivity index (χ4n) is 3.55. The molecule has 4 rings (SSSR count). The maximum absolute atomic E-state index is 13.1. The highest BCUT2D eigenvalue weighted by atomic mass is 35.5. The Morgan fingerprint density at radius 3 is 2.71 bits per heavy atom. The molecule has 1 N–H and O–H groups in total. The zero-order valence-corrected chi connectivity index (χ0v) is 14.2. The molecule has 2 aromatic rings. The fourth-order valence-corrected chi connectivity index (χ4v) is 4.02. The van der Waals surface area contributed by atoms with E-state index in [4.69, 9.17) is 23.2 Å². The van der Waals surface area contributed by atoms with E-state index in [-0.39, 0.29) is 18.5 Å². The van der Waals surface area contributed by atoms with Gasteiger partial charge >= 0.3 is 6.03 Å². The SMILES string of the molecule is O=C1NC2(CCc3ccccc32)C(=O)N1Cc1ccc(Cl)cc1Cl. The van der Waals surface area contributed by atoms with Gasteiger partial charge in [-0.05, 0) is 41.7 Å². The summed E-state index contributed by atoms with van der Waals surface area (Å²) in [7, 11) is 0. The molecule has 0 radical (unpaired) electrons. The number of fused-ring (bicyclic) bond motifs is 2. The number of nitrogens with zero attached hydrogens (tertiary/aromatic N) is 1. The number of carbonyl (C=O) groups excluding carboxylic acids is 2. The monoisotopic (exact) mass is 360 g/mol. The average Bonchev–Trinajstić information content (AvgIpc) is 3.04. The predicted molar refractivity (Wildman–Crippen MR) is 92.0 cm³/mol. The van der Waals surface area contributed by atoms with E-state index in [0.29, 0.717) is 22.0 Å². The van der Waals surface area contributed by atoms with Crippen LogP contribution in [0.3, 0.4) is 0 Å². The molecule has 24 heavy (non-hydrogen) atoms. The summed E-state index contributed by atoms with van der Waals surface area (Å²) < 4.78 is 0. The quantitative estimate of drug-likeness (QED) is 0.826. The van der Waals surface area contributed by atoms with E-state index in [2.05, 4.69) is 5.32 Å². The van der Waals surface area contributed by atoms with Gasteiger partial charge in [-0.3, -0.25) is 9.69 Å². The van der Waals surface area contributed by atoms with Crippen molar-refractivity contribution in [3.8, 4) is 0 Å². The minimum Gasteiger partial charge on any atom is -0.319 e. The molecule has 1 heterocycles. The molecule has 1 atom stereocenters. The van der Waals surface area contributed by atoms with Crippen LogP contribution in [0.4, 0.5) is 4.79 Å². The van der Waals surface area contributed by atoms with E-state index >= 15 is 0 Å². The van der Waals surface area contributed by atoms with Crippen molar-refractivity contribution in [2.75, 3.05) is 0 Å². The lowest BCUT2D eigenvalue weighted by Gasteiger charge is -2.22. The number of amides is 3. The number of carbonyl (C=O) groups is 2. The highest BCUT2D eigenvalue weighted by Crippen LogP contribution is 2.41. The molecular weight excluding hydrogens is 347 g/mol. The fraction of sp³-hybridized carbons (Fsp3) is 0.222. The average molecular weight is 361 g/mol. The lowest BCUT2D eigenvalue weighted by molar-refractivity contribution is -0.132. The van der Waals surface area contributed by atoms with Crippen LogP contribution in [0.15, 0.2) is 42.5 Å². The first-order chi connectivity index (χ1) is 11.5. The lowest BCUT2D eigenvalue weighted by Crippen LogP contribution is -2.41. The summed E-state index contributed by atoms with van der Waals surface area (Å²) in [6, 6.07) is 12.4. The van der Waals surface area contributed by atoms with Crippen LogP contribution in [-0.4, -0.2) is 16.8 Å². The summed E-state index contributed by atoms with van der Waals surface area (Å²) >= 11 is 12.1. The van der Waals surface area contributed by atoms with Crippen LogP contribution in [0.2, 0.25) is 10.0 Å². The van der Waals surface area contributed by atoms with Gasteiger partial charge in [0.25, 0.3) is 5.91 Å². The van der Waals surface area contributed by atoms with Gasteiger partial charge < -0.3 is 5.32 Å². The number of urea groups is 1. The minimum atomic E-state index is -0.938. The van der Waals surface area contributed by atoms with E-state index < -0.39 is 5.54 Å². The molecule has 0 aromatic heterocycles. The van der Waals surface area contributed by atoms with Crippen molar-refractivity contribution in [2.45, 2.75) is 24.9 Å². The number of hydrogen-bond acceptors (Lipinski definition) is 2. The van der Waals surface area contributed by atoms with Crippen LogP contribution in [0, 0.1) is 0 Å². The first-order valence-electron chi connectivity index (χ1n) is 7.68. The van der Waals surface area contributed by atoms with Gasteiger partial charge in [-0.25, -0.2) is 4.79 Å². The van der Waals surface area contributed by atoms with Gasteiger partial charge in [0, 0.05) is 10.0 Å². The zero-order valence-electron chi connectivity index (χ0n) is 12.7. The first kappa shape index (κ1) is 15.5. The van der Waals surface area contributed by atoms with E-state index in [1.807, 2.05) is 24.3 Å². The zero-order chi connectivity index (χ0) is 16.9. The summed E-state index contributed by atoms with van der Waals surface area (Å²) in [6.07, 6.45) is 1.36. The van der Waals surface area contributed by atoms with Crippen molar-refractivity contribution in [2.24, 2.45) is 0 Å². The number of nitrogens with one attached hydrogen (secondary N) is 1. The molecule has 1 aliphatic carbocycles. The maximum Gasteiger partial charge on any atom is 0.325 e. The standard InChI is InChI=1S/C18H14Cl2N2O2/c19-13-6-5-12(15(20)9-13)10-22-16(23)18(21-17(22)24)8-7-11-3-1-2-4-14(11)18/h1-6,9H,7-8,10H2,(H,21,24). The van der Waals surface area contributed by atoms with Crippen molar-refractivity contribution in [1.82, 2.24) is 10.2 Å². The number of aryl methyl sites for hydroxylation is 1. The van der Waals surface area contributed by atoms with Crippen LogP contribution in [0.5, 0.6) is 0 Å². The third-order valence-electron chi connectivity index (χ3n) is 4.77. The van der Waals surface area contributed by atoms with Crippen molar-refractivity contribution in [1.29, 1.82) is 0 Å². The van der Waals surface area contributed by atoms with E-state index in [1.54, 1.807) is 18.2 Å². The van der Waals surface area contributed by atoms with E-state index in [9.17, 15) is 9.59 Å². The van der Waals surface area contributed by atoms with Crippen molar-refractivity contribution in [3.05, 3.63) is 69.2 Å². The Kier molecular flexibility index (Phi) is 3.55. The van der Waals surface area contributed by atoms with Crippen LogP contribution < -0.4 is 5.32 Å². The summed E-state index contributed by atoms with van der Waals surface area (Å²) in [5.41, 5.74) is 1.76. The van der Waals surface area contributed by atoms with E-state index in [0.717, 1.165) is 17.5 Å². The molecule has 6 heteroatoms. The first-order valence-corrected chi connectivity index (χ1v) is 8.43. The Bertz CT molecular complexity index is 868. The van der Waals surface area contributed by atoms with Gasteiger partial charge in [-0.15, -0.1) is 0 Å². The predicted octanol–water partition coefficient (Wildman–Crippen LogP) is 3.89. The summed E-state index contributed by atoms with van der Waals surface area (Å²) in [6.45, 7) is 0.130. The highest BCUT2D eigenvalue weighted by Gasteiger charge is 2.55. The molecule has 1 aliphatic heterocycles. The molecule has 2 aromatic carbocycles. The largest absolute Gasteiger partial charge is 0.325 e. The molecule has 1 saturated heterocycles. The highest BCUT2D eigenvalue weighted by molar-refractivity contribution is 6.35. The molecule has 122 valence electrons. The molecule has 0 saturated carbocycles. The minimum absolute atomic E-state index is 0.130. The molecule has 1 unspecified atom stereocenters. The normalized spacial score (nSPS) is 22.2. The lowest BCUT2D eigenvalue weighted by atomic mass is 9.92. The summed E-state index contributed by atoms with van der Waals surface area (Å²) in [4.78, 5) is 26.8. The number of rotatable bonds is 2. The molecule has 2 aliphatic rings. The number of imide groups is 1. The molecule has 0 bridgehead atoms. The second kappa shape index (κ2) is 5.50. The third kappa shape index (κ3) is 2.21. The number of halogens is 2. The molecule has 3 amide bonds. The molecule has 1 spiro atoms. The van der Waals surface area contributed by atoms with Gasteiger partial charge in [0.05, 0.1) is 6.54 Å². The molecule has 1 fully saturated rings. The smallest absolute Gasteiger partial charge is 0.319 e. The molecular formula is C18H14Cl2N2O2. The van der Waals surface area contributed by atoms with Gasteiger partial charge in [0.2, 0.25) is 0 Å². The van der Waals surface area contributed by atoms with Gasteiger partial charge in [-0.2, -0.15) is 0 Å². The Labute approximate surface area is 149 Å². The Balaban J connectivity index is 1.68. The third-order valence-corrected chi connectivity index (χ3v) is 5.35. The Morgan fingerprint density at radius 1 is 1.12 bits per heavy atom. The number of benzene rings is 2. The van der Waals surface area contributed by atoms with Crippen molar-refractivity contribution >= 4 is 35.1 Å². The van der Waals surface area contributed by atoms with Crippen LogP contribution >= 0.6 is 23.2 Å². The maximum atomic E-state index is 13.1. The second-order valence-electron chi connectivity index (χ2n) is 6.12. The van der Waals surface area contributed by atoms with Crippen molar-refractivity contribution in [3.63, 3.8) is 0 Å². The van der Waals surface area contributed by atoms with Gasteiger partial charge in [0.15, 0.2) is 0 Å². The van der Waals surface area contributed by atoms with Crippen LogP contribution in [-0.2, 0) is 23.3 Å². The van der Waals surface area contributed by atoms with Gasteiger partial charge in [0.1, 0.15) is 5.54 Å². The topological polar surface area (TPSA) is 49.4 Å². The Morgan fingerprint density at radius 2 is 1.92 bits per heavy atom. The molecule has 4 nitrogen and oxygen atoms in total.